The third-order valence-electron chi connectivity index (χ3n) is 2.43. The van der Waals surface area contributed by atoms with E-state index in [1.807, 2.05) is 18.2 Å². The lowest BCUT2D eigenvalue weighted by Crippen LogP contribution is -2.12. The molecule has 0 unspecified atom stereocenters. The maximum absolute atomic E-state index is 12.9. The fourth-order valence-electron chi connectivity index (χ4n) is 1.54. The molecule has 2 aromatic rings. The number of benzene rings is 2. The topological polar surface area (TPSA) is 21.3 Å². The first-order valence-corrected chi connectivity index (χ1v) is 5.73. The minimum atomic E-state index is -1.47. The highest BCUT2D eigenvalue weighted by Crippen LogP contribution is 2.17. The first-order valence-electron chi connectivity index (χ1n) is 5.73. The van der Waals surface area contributed by atoms with E-state index in [0.717, 1.165) is 12.1 Å². The molecular weight excluding hydrogens is 255 g/mol. The van der Waals surface area contributed by atoms with Crippen molar-refractivity contribution < 1.29 is 17.9 Å². The third-order valence-corrected chi connectivity index (χ3v) is 2.43. The van der Waals surface area contributed by atoms with Gasteiger partial charge in [-0.05, 0) is 12.1 Å². The first-order chi connectivity index (χ1) is 9.16. The minimum Gasteiger partial charge on any atom is -0.492 e. The molecule has 0 aliphatic rings. The van der Waals surface area contributed by atoms with Crippen LogP contribution in [0.4, 0.5) is 18.9 Å². The van der Waals surface area contributed by atoms with Crippen molar-refractivity contribution in [3.8, 4) is 5.75 Å². The molecule has 2 nitrogen and oxygen atoms in total. The molecule has 0 spiro atoms. The van der Waals surface area contributed by atoms with Crippen LogP contribution < -0.4 is 10.1 Å². The SMILES string of the molecule is Fc1cc(NCCOc2ccccc2)cc(F)c1F. The van der Waals surface area contributed by atoms with Gasteiger partial charge in [0.05, 0.1) is 0 Å². The third kappa shape index (κ3) is 3.64. The Labute approximate surface area is 108 Å². The Morgan fingerprint density at radius 1 is 0.947 bits per heavy atom. The summed E-state index contributed by atoms with van der Waals surface area (Å²) in [5, 5.41) is 2.75. The van der Waals surface area contributed by atoms with E-state index < -0.39 is 17.5 Å². The molecule has 5 heteroatoms. The lowest BCUT2D eigenvalue weighted by molar-refractivity contribution is 0.333. The second-order valence-electron chi connectivity index (χ2n) is 3.84. The number of hydrogen-bond acceptors (Lipinski definition) is 2. The number of para-hydroxylation sites is 1. The Morgan fingerprint density at radius 2 is 1.58 bits per heavy atom. The van der Waals surface area contributed by atoms with E-state index in [1.165, 1.54) is 0 Å². The zero-order valence-corrected chi connectivity index (χ0v) is 10.00. The highest BCUT2D eigenvalue weighted by Gasteiger charge is 2.09. The van der Waals surface area contributed by atoms with Crippen LogP contribution in [0.2, 0.25) is 0 Å². The van der Waals surface area contributed by atoms with Crippen molar-refractivity contribution in [3.63, 3.8) is 0 Å². The number of rotatable bonds is 5. The van der Waals surface area contributed by atoms with Crippen LogP contribution in [-0.4, -0.2) is 13.2 Å². The maximum Gasteiger partial charge on any atom is 0.194 e. The van der Waals surface area contributed by atoms with Crippen molar-refractivity contribution in [2.45, 2.75) is 0 Å². The highest BCUT2D eigenvalue weighted by atomic mass is 19.2. The smallest absolute Gasteiger partial charge is 0.194 e. The molecular formula is C14H12F3NO. The molecule has 19 heavy (non-hydrogen) atoms. The molecule has 0 radical (unpaired) electrons. The summed E-state index contributed by atoms with van der Waals surface area (Å²) in [5.74, 6) is -3.19. The molecule has 0 aromatic heterocycles. The van der Waals surface area contributed by atoms with Gasteiger partial charge in [0.25, 0.3) is 0 Å². The zero-order valence-electron chi connectivity index (χ0n) is 10.00. The van der Waals surface area contributed by atoms with Gasteiger partial charge < -0.3 is 10.1 Å². The van der Waals surface area contributed by atoms with E-state index in [1.54, 1.807) is 12.1 Å². The molecule has 0 aliphatic heterocycles. The molecule has 0 saturated carbocycles. The van der Waals surface area contributed by atoms with Crippen LogP contribution in [0.3, 0.4) is 0 Å². The summed E-state index contributed by atoms with van der Waals surface area (Å²) >= 11 is 0. The summed E-state index contributed by atoms with van der Waals surface area (Å²) < 4.78 is 44.0. The average Bonchev–Trinajstić information content (AvgIpc) is 2.42. The highest BCUT2D eigenvalue weighted by molar-refractivity contribution is 5.44. The van der Waals surface area contributed by atoms with Gasteiger partial charge in [0.15, 0.2) is 17.5 Å². The second-order valence-corrected chi connectivity index (χ2v) is 3.84. The summed E-state index contributed by atoms with van der Waals surface area (Å²) in [6, 6.07) is 11.0. The fraction of sp³-hybridized carbons (Fsp3) is 0.143. The second kappa shape index (κ2) is 6.13. The van der Waals surface area contributed by atoms with Gasteiger partial charge in [-0.15, -0.1) is 0 Å². The van der Waals surface area contributed by atoms with Crippen LogP contribution >= 0.6 is 0 Å². The molecule has 2 aromatic carbocycles. The van der Waals surface area contributed by atoms with Gasteiger partial charge in [0.2, 0.25) is 0 Å². The Hall–Kier alpha value is -2.17. The Morgan fingerprint density at radius 3 is 2.21 bits per heavy atom. The van der Waals surface area contributed by atoms with E-state index >= 15 is 0 Å². The number of ether oxygens (including phenoxy) is 1. The van der Waals surface area contributed by atoms with E-state index in [0.29, 0.717) is 18.9 Å². The molecule has 0 bridgehead atoms. The van der Waals surface area contributed by atoms with E-state index in [-0.39, 0.29) is 5.69 Å². The molecule has 0 aliphatic carbocycles. The van der Waals surface area contributed by atoms with Crippen LogP contribution in [0, 0.1) is 17.5 Å². The molecule has 0 atom stereocenters. The van der Waals surface area contributed by atoms with Crippen LogP contribution in [-0.2, 0) is 0 Å². The van der Waals surface area contributed by atoms with Gasteiger partial charge in [-0.1, -0.05) is 18.2 Å². The molecule has 0 fully saturated rings. The van der Waals surface area contributed by atoms with Crippen molar-refractivity contribution in [2.75, 3.05) is 18.5 Å². The number of halogens is 3. The number of anilines is 1. The van der Waals surface area contributed by atoms with E-state index in [9.17, 15) is 13.2 Å². The summed E-state index contributed by atoms with van der Waals surface area (Å²) in [5.41, 5.74) is 0.174. The van der Waals surface area contributed by atoms with E-state index in [2.05, 4.69) is 5.32 Å². The fourth-order valence-corrected chi connectivity index (χ4v) is 1.54. The monoisotopic (exact) mass is 267 g/mol. The lowest BCUT2D eigenvalue weighted by Gasteiger charge is -2.09. The quantitative estimate of drug-likeness (QED) is 0.660. The molecule has 1 N–H and O–H groups in total. The van der Waals surface area contributed by atoms with Crippen molar-refractivity contribution >= 4 is 5.69 Å². The predicted molar refractivity (Wildman–Crippen MR) is 66.7 cm³/mol. The van der Waals surface area contributed by atoms with Gasteiger partial charge in [-0.3, -0.25) is 0 Å². The average molecular weight is 267 g/mol. The van der Waals surface area contributed by atoms with Crippen LogP contribution in [0.5, 0.6) is 5.75 Å². The molecule has 100 valence electrons. The van der Waals surface area contributed by atoms with Crippen LogP contribution in [0.25, 0.3) is 0 Å². The van der Waals surface area contributed by atoms with Gasteiger partial charge in [0, 0.05) is 24.4 Å². The van der Waals surface area contributed by atoms with Gasteiger partial charge in [-0.25, -0.2) is 13.2 Å². The van der Waals surface area contributed by atoms with Gasteiger partial charge in [0.1, 0.15) is 12.4 Å². The first kappa shape index (κ1) is 13.3. The predicted octanol–water partition coefficient (Wildman–Crippen LogP) is 3.59. The lowest BCUT2D eigenvalue weighted by atomic mass is 10.3. The minimum absolute atomic E-state index is 0.174. The summed E-state index contributed by atoms with van der Waals surface area (Å²) in [4.78, 5) is 0. The van der Waals surface area contributed by atoms with Crippen molar-refractivity contribution in [3.05, 3.63) is 59.9 Å². The van der Waals surface area contributed by atoms with Gasteiger partial charge in [-0.2, -0.15) is 0 Å². The van der Waals surface area contributed by atoms with Crippen molar-refractivity contribution in [2.24, 2.45) is 0 Å². The van der Waals surface area contributed by atoms with Crippen molar-refractivity contribution in [1.29, 1.82) is 0 Å². The molecule has 2 rings (SSSR count). The summed E-state index contributed by atoms with van der Waals surface area (Å²) in [7, 11) is 0. The summed E-state index contributed by atoms with van der Waals surface area (Å²) in [6.07, 6.45) is 0. The largest absolute Gasteiger partial charge is 0.492 e. The van der Waals surface area contributed by atoms with Gasteiger partial charge >= 0.3 is 0 Å². The molecule has 0 amide bonds. The molecule has 0 heterocycles. The van der Waals surface area contributed by atoms with E-state index in [4.69, 9.17) is 4.74 Å². The zero-order chi connectivity index (χ0) is 13.7. The standard InChI is InChI=1S/C14H12F3NO/c15-12-8-10(9-13(16)14(12)17)18-6-7-19-11-4-2-1-3-5-11/h1-5,8-9,18H,6-7H2. The molecule has 0 saturated heterocycles. The Balaban J connectivity index is 1.83. The number of hydrogen-bond donors (Lipinski definition) is 1. The number of nitrogens with one attached hydrogen (secondary N) is 1. The summed E-state index contributed by atoms with van der Waals surface area (Å²) in [6.45, 7) is 0.671. The normalized spacial score (nSPS) is 10.3. The Bertz CT molecular complexity index is 523. The maximum atomic E-state index is 12.9. The van der Waals surface area contributed by atoms with Crippen LogP contribution in [0.15, 0.2) is 42.5 Å². The van der Waals surface area contributed by atoms with Crippen LogP contribution in [0.1, 0.15) is 0 Å². The van der Waals surface area contributed by atoms with Crippen molar-refractivity contribution in [1.82, 2.24) is 0 Å². The Kier molecular flexibility index (Phi) is 4.28.